The van der Waals surface area contributed by atoms with Crippen molar-refractivity contribution in [3.05, 3.63) is 97.1 Å². The van der Waals surface area contributed by atoms with Gasteiger partial charge in [-0.25, -0.2) is 13.2 Å². The Bertz CT molecular complexity index is 1560. The number of aromatic nitrogens is 2. The van der Waals surface area contributed by atoms with Gasteiger partial charge in [-0.3, -0.25) is 9.78 Å². The largest absolute Gasteiger partial charge is 0.457 e. The molecule has 33 heavy (non-hydrogen) atoms. The van der Waals surface area contributed by atoms with Gasteiger partial charge in [0.1, 0.15) is 11.5 Å². The van der Waals surface area contributed by atoms with Crippen LogP contribution in [0.3, 0.4) is 0 Å². The third-order valence-electron chi connectivity index (χ3n) is 4.88. The van der Waals surface area contributed by atoms with Crippen molar-refractivity contribution < 1.29 is 13.2 Å². The number of hydrogen-bond donors (Lipinski definition) is 2. The molecule has 0 unspecified atom stereocenters. The molecular weight excluding hydrogens is 489 g/mol. The van der Waals surface area contributed by atoms with Gasteiger partial charge in [0.2, 0.25) is 10.0 Å². The second kappa shape index (κ2) is 9.03. The Hall–Kier alpha value is -3.11. The molecule has 0 saturated heterocycles. The number of halogens is 2. The standard InChI is InChI=1S/C22H17Cl2N3O5S/c1-27(33(30,31)17-7-8-19-18(11-17)21(28)26-22(29)25-19)12-13-10-15(24)4-9-20(13)32-16-5-2-14(23)3-6-16/h2-11H,12H2,1H3,(H2,25,26,28,29). The fourth-order valence-electron chi connectivity index (χ4n) is 3.21. The lowest BCUT2D eigenvalue weighted by Crippen LogP contribution is -2.27. The monoisotopic (exact) mass is 505 g/mol. The van der Waals surface area contributed by atoms with E-state index in [1.54, 1.807) is 42.5 Å². The number of benzene rings is 3. The summed E-state index contributed by atoms with van der Waals surface area (Å²) in [6, 6.07) is 15.6. The summed E-state index contributed by atoms with van der Waals surface area (Å²) in [6.07, 6.45) is 0. The molecular formula is C22H17Cl2N3O5S. The Kier molecular flexibility index (Phi) is 6.31. The molecule has 11 heteroatoms. The Morgan fingerprint density at radius 1 is 0.909 bits per heavy atom. The summed E-state index contributed by atoms with van der Waals surface area (Å²) >= 11 is 12.1. The molecule has 1 heterocycles. The topological polar surface area (TPSA) is 112 Å². The predicted molar refractivity (Wildman–Crippen MR) is 127 cm³/mol. The van der Waals surface area contributed by atoms with Crippen molar-refractivity contribution in [2.45, 2.75) is 11.4 Å². The zero-order valence-corrected chi connectivity index (χ0v) is 19.5. The Labute approximate surface area is 198 Å². The van der Waals surface area contributed by atoms with Crippen LogP contribution in [-0.2, 0) is 16.6 Å². The summed E-state index contributed by atoms with van der Waals surface area (Å²) in [4.78, 5) is 28.0. The number of sulfonamides is 1. The third-order valence-corrected chi connectivity index (χ3v) is 7.16. The lowest BCUT2D eigenvalue weighted by molar-refractivity contribution is 0.441. The van der Waals surface area contributed by atoms with E-state index in [9.17, 15) is 18.0 Å². The number of aromatic amines is 2. The minimum Gasteiger partial charge on any atom is -0.457 e. The van der Waals surface area contributed by atoms with Gasteiger partial charge in [-0.1, -0.05) is 23.2 Å². The van der Waals surface area contributed by atoms with E-state index in [0.717, 1.165) is 4.31 Å². The first-order valence-electron chi connectivity index (χ1n) is 9.58. The van der Waals surface area contributed by atoms with E-state index < -0.39 is 21.3 Å². The van der Waals surface area contributed by atoms with Crippen LogP contribution in [0.15, 0.2) is 75.1 Å². The van der Waals surface area contributed by atoms with Crippen LogP contribution in [0.5, 0.6) is 11.5 Å². The highest BCUT2D eigenvalue weighted by molar-refractivity contribution is 7.89. The molecule has 0 fully saturated rings. The van der Waals surface area contributed by atoms with Crippen molar-refractivity contribution in [1.29, 1.82) is 0 Å². The highest BCUT2D eigenvalue weighted by atomic mass is 35.5. The minimum absolute atomic E-state index is 0.0498. The molecule has 1 aromatic heterocycles. The van der Waals surface area contributed by atoms with Gasteiger partial charge >= 0.3 is 5.69 Å². The third kappa shape index (κ3) is 4.96. The number of hydrogen-bond acceptors (Lipinski definition) is 5. The lowest BCUT2D eigenvalue weighted by Gasteiger charge is -2.20. The summed E-state index contributed by atoms with van der Waals surface area (Å²) in [7, 11) is -2.58. The maximum absolute atomic E-state index is 13.2. The summed E-state index contributed by atoms with van der Waals surface area (Å²) in [5.74, 6) is 0.951. The Morgan fingerprint density at radius 2 is 1.61 bits per heavy atom. The Balaban J connectivity index is 1.66. The van der Waals surface area contributed by atoms with Crippen molar-refractivity contribution in [3.63, 3.8) is 0 Å². The summed E-state index contributed by atoms with van der Waals surface area (Å²) in [5.41, 5.74) is -0.582. The van der Waals surface area contributed by atoms with E-state index in [2.05, 4.69) is 9.97 Å². The average molecular weight is 506 g/mol. The quantitative estimate of drug-likeness (QED) is 0.408. The average Bonchev–Trinajstić information content (AvgIpc) is 2.76. The van der Waals surface area contributed by atoms with Gasteiger partial charge in [-0.15, -0.1) is 0 Å². The van der Waals surface area contributed by atoms with Gasteiger partial charge in [-0.2, -0.15) is 4.31 Å². The van der Waals surface area contributed by atoms with E-state index in [0.29, 0.717) is 27.1 Å². The van der Waals surface area contributed by atoms with E-state index in [-0.39, 0.29) is 22.3 Å². The van der Waals surface area contributed by atoms with Crippen molar-refractivity contribution in [1.82, 2.24) is 14.3 Å². The zero-order chi connectivity index (χ0) is 23.8. The van der Waals surface area contributed by atoms with E-state index in [1.807, 2.05) is 0 Å². The van der Waals surface area contributed by atoms with Crippen LogP contribution >= 0.6 is 23.2 Å². The van der Waals surface area contributed by atoms with E-state index in [1.165, 1.54) is 25.2 Å². The van der Waals surface area contributed by atoms with Gasteiger partial charge in [0.25, 0.3) is 5.56 Å². The molecule has 170 valence electrons. The smallest absolute Gasteiger partial charge is 0.326 e. The van der Waals surface area contributed by atoms with Crippen LogP contribution in [0.1, 0.15) is 5.56 Å². The molecule has 2 N–H and O–H groups in total. The summed E-state index contributed by atoms with van der Waals surface area (Å²) in [5, 5.41) is 1.03. The molecule has 0 saturated carbocycles. The fraction of sp³-hybridized carbons (Fsp3) is 0.0909. The molecule has 4 aromatic rings. The molecule has 0 bridgehead atoms. The first kappa shape index (κ1) is 23.1. The maximum Gasteiger partial charge on any atom is 0.326 e. The van der Waals surface area contributed by atoms with Gasteiger partial charge in [0.05, 0.1) is 15.8 Å². The minimum atomic E-state index is -3.99. The van der Waals surface area contributed by atoms with Crippen molar-refractivity contribution in [3.8, 4) is 11.5 Å². The van der Waals surface area contributed by atoms with E-state index in [4.69, 9.17) is 27.9 Å². The molecule has 0 aliphatic rings. The summed E-state index contributed by atoms with van der Waals surface area (Å²) < 4.78 is 33.4. The molecule has 0 amide bonds. The number of H-pyrrole nitrogens is 2. The van der Waals surface area contributed by atoms with Crippen LogP contribution in [0.2, 0.25) is 10.0 Å². The fourth-order valence-corrected chi connectivity index (χ4v) is 4.71. The molecule has 0 radical (unpaired) electrons. The van der Waals surface area contributed by atoms with Gasteiger partial charge in [0, 0.05) is 29.2 Å². The van der Waals surface area contributed by atoms with E-state index >= 15 is 0 Å². The van der Waals surface area contributed by atoms with Gasteiger partial charge in [-0.05, 0) is 60.7 Å². The van der Waals surface area contributed by atoms with Crippen LogP contribution in [0, 0.1) is 0 Å². The number of fused-ring (bicyclic) bond motifs is 1. The van der Waals surface area contributed by atoms with Crippen molar-refractivity contribution in [2.24, 2.45) is 0 Å². The molecule has 0 aliphatic heterocycles. The molecule has 0 spiro atoms. The van der Waals surface area contributed by atoms with Gasteiger partial charge in [0.15, 0.2) is 0 Å². The predicted octanol–water partition coefficient (Wildman–Crippen LogP) is 4.14. The summed E-state index contributed by atoms with van der Waals surface area (Å²) in [6.45, 7) is -0.0498. The second-order valence-electron chi connectivity index (χ2n) is 7.18. The molecule has 8 nitrogen and oxygen atoms in total. The van der Waals surface area contributed by atoms with Crippen LogP contribution in [-0.4, -0.2) is 29.7 Å². The van der Waals surface area contributed by atoms with Crippen LogP contribution in [0.25, 0.3) is 10.9 Å². The van der Waals surface area contributed by atoms with Crippen molar-refractivity contribution >= 4 is 44.1 Å². The maximum atomic E-state index is 13.2. The Morgan fingerprint density at radius 3 is 2.33 bits per heavy atom. The second-order valence-corrected chi connectivity index (χ2v) is 10.1. The first-order valence-corrected chi connectivity index (χ1v) is 11.8. The lowest BCUT2D eigenvalue weighted by atomic mass is 10.2. The SMILES string of the molecule is CN(Cc1cc(Cl)ccc1Oc1ccc(Cl)cc1)S(=O)(=O)c1ccc2[nH]c(=O)[nH]c(=O)c2c1. The molecule has 4 rings (SSSR count). The number of nitrogens with zero attached hydrogens (tertiary/aromatic N) is 1. The number of ether oxygens (including phenoxy) is 1. The molecule has 0 atom stereocenters. The first-order chi connectivity index (χ1) is 15.6. The van der Waals surface area contributed by atoms with Gasteiger partial charge < -0.3 is 9.72 Å². The van der Waals surface area contributed by atoms with Crippen molar-refractivity contribution in [2.75, 3.05) is 7.05 Å². The molecule has 3 aromatic carbocycles. The molecule has 0 aliphatic carbocycles. The van der Waals surface area contributed by atoms with Crippen LogP contribution < -0.4 is 16.0 Å². The normalized spacial score (nSPS) is 11.8. The highest BCUT2D eigenvalue weighted by Gasteiger charge is 2.23. The number of rotatable bonds is 6. The number of nitrogens with one attached hydrogen (secondary N) is 2. The highest BCUT2D eigenvalue weighted by Crippen LogP contribution is 2.30. The van der Waals surface area contributed by atoms with Crippen LogP contribution in [0.4, 0.5) is 0 Å². The zero-order valence-electron chi connectivity index (χ0n) is 17.1.